The van der Waals surface area contributed by atoms with Gasteiger partial charge in [0.05, 0.1) is 16.6 Å². The number of hydrogen-bond donors (Lipinski definition) is 1. The Morgan fingerprint density at radius 3 is 2.72 bits per heavy atom. The van der Waals surface area contributed by atoms with Crippen LogP contribution in [0.15, 0.2) is 59.5 Å². The molecule has 1 amide bonds. The van der Waals surface area contributed by atoms with E-state index in [0.29, 0.717) is 17.7 Å². The van der Waals surface area contributed by atoms with Crippen molar-refractivity contribution in [1.29, 1.82) is 0 Å². The average Bonchev–Trinajstić information content (AvgIpc) is 3.09. The van der Waals surface area contributed by atoms with E-state index in [9.17, 15) is 9.59 Å². The van der Waals surface area contributed by atoms with E-state index < -0.39 is 0 Å². The lowest BCUT2D eigenvalue weighted by atomic mass is 10.1. The summed E-state index contributed by atoms with van der Waals surface area (Å²) in [6, 6.07) is 15.0. The van der Waals surface area contributed by atoms with Crippen molar-refractivity contribution in [3.05, 3.63) is 65.1 Å². The maximum Gasteiger partial charge on any atom is 0.263 e. The van der Waals surface area contributed by atoms with Gasteiger partial charge in [0.2, 0.25) is 0 Å². The third-order valence-electron chi connectivity index (χ3n) is 5.20. The predicted molar refractivity (Wildman–Crippen MR) is 114 cm³/mol. The number of pyridine rings is 2. The predicted octanol–water partition coefficient (Wildman–Crippen LogP) is 3.50. The summed E-state index contributed by atoms with van der Waals surface area (Å²) < 4.78 is 7.41. The van der Waals surface area contributed by atoms with Crippen molar-refractivity contribution in [2.45, 2.75) is 13.3 Å². The second kappa shape index (κ2) is 6.74. The second-order valence-electron chi connectivity index (χ2n) is 7.06. The smallest absolute Gasteiger partial charge is 0.263 e. The van der Waals surface area contributed by atoms with E-state index in [4.69, 9.17) is 4.74 Å². The highest BCUT2D eigenvalue weighted by molar-refractivity contribution is 6.18. The largest absolute Gasteiger partial charge is 0.484 e. The first-order chi connectivity index (χ1) is 14.2. The van der Waals surface area contributed by atoms with Crippen molar-refractivity contribution < 1.29 is 9.53 Å². The molecule has 0 radical (unpaired) electrons. The van der Waals surface area contributed by atoms with Gasteiger partial charge < -0.3 is 10.1 Å². The van der Waals surface area contributed by atoms with Crippen LogP contribution in [0, 0.1) is 0 Å². The van der Waals surface area contributed by atoms with Gasteiger partial charge in [-0.15, -0.1) is 0 Å². The van der Waals surface area contributed by atoms with E-state index in [2.05, 4.69) is 10.3 Å². The van der Waals surface area contributed by atoms with E-state index >= 15 is 0 Å². The molecule has 0 aliphatic rings. The van der Waals surface area contributed by atoms with Gasteiger partial charge in [-0.2, -0.15) is 0 Å². The quantitative estimate of drug-likeness (QED) is 0.470. The second-order valence-corrected chi connectivity index (χ2v) is 7.06. The third kappa shape index (κ3) is 2.68. The molecule has 0 saturated heterocycles. The van der Waals surface area contributed by atoms with Crippen LogP contribution in [0.4, 0.5) is 0 Å². The molecule has 0 aliphatic heterocycles. The number of nitrogens with one attached hydrogen (secondary N) is 1. The van der Waals surface area contributed by atoms with Gasteiger partial charge in [-0.3, -0.25) is 19.0 Å². The van der Waals surface area contributed by atoms with Crippen LogP contribution in [-0.2, 0) is 4.79 Å². The van der Waals surface area contributed by atoms with E-state index in [1.54, 1.807) is 16.7 Å². The number of fused-ring (bicyclic) bond motifs is 5. The lowest BCUT2D eigenvalue weighted by Gasteiger charge is -2.07. The minimum absolute atomic E-state index is 0.0404. The third-order valence-corrected chi connectivity index (χ3v) is 5.20. The molecule has 1 N–H and O–H groups in total. The van der Waals surface area contributed by atoms with E-state index in [-0.39, 0.29) is 18.1 Å². The van der Waals surface area contributed by atoms with Crippen molar-refractivity contribution >= 4 is 44.0 Å². The summed E-state index contributed by atoms with van der Waals surface area (Å²) in [5, 5.41) is 6.12. The molecule has 0 unspecified atom stereocenters. The van der Waals surface area contributed by atoms with Gasteiger partial charge in [0.15, 0.2) is 6.61 Å². The molecule has 5 rings (SSSR count). The summed E-state index contributed by atoms with van der Waals surface area (Å²) >= 11 is 0. The van der Waals surface area contributed by atoms with Crippen LogP contribution in [0.3, 0.4) is 0 Å². The molecular formula is C23H19N3O3. The Bertz CT molecular complexity index is 1440. The van der Waals surface area contributed by atoms with Crippen molar-refractivity contribution in [2.75, 3.05) is 13.2 Å². The summed E-state index contributed by atoms with van der Waals surface area (Å²) in [5.41, 5.74) is 2.35. The molecule has 0 bridgehead atoms. The molecule has 0 atom stereocenters. The maximum absolute atomic E-state index is 13.2. The Kier molecular flexibility index (Phi) is 4.05. The molecule has 5 aromatic rings. The Morgan fingerprint density at radius 1 is 1.07 bits per heavy atom. The van der Waals surface area contributed by atoms with Crippen LogP contribution < -0.4 is 15.6 Å². The Balaban J connectivity index is 1.70. The number of nitrogens with zero attached hydrogens (tertiary/aromatic N) is 2. The van der Waals surface area contributed by atoms with Crippen LogP contribution in [0.25, 0.3) is 38.1 Å². The monoisotopic (exact) mass is 385 g/mol. The molecule has 6 heteroatoms. The highest BCUT2D eigenvalue weighted by Gasteiger charge is 2.18. The van der Waals surface area contributed by atoms with Gasteiger partial charge in [-0.25, -0.2) is 0 Å². The lowest BCUT2D eigenvalue weighted by Crippen LogP contribution is -2.29. The Hall–Kier alpha value is -3.67. The molecule has 3 aromatic heterocycles. The SMILES string of the molecule is CCCNC(=O)COc1ccc2c(c1)c1ccnc3c4ccccc4c(=O)n2c13. The standard InChI is InChI=1S/C23H19N3O3/c1-2-10-24-20(27)13-29-14-7-8-19-18(12-14)16-9-11-25-21-15-5-3-4-6-17(15)23(28)26(19)22(16)21/h3-9,11-12H,2,10,13H2,1H3,(H,24,27). The van der Waals surface area contributed by atoms with Crippen LogP contribution in [0.2, 0.25) is 0 Å². The normalized spacial score (nSPS) is 11.6. The molecule has 144 valence electrons. The highest BCUT2D eigenvalue weighted by Crippen LogP contribution is 2.34. The zero-order valence-electron chi connectivity index (χ0n) is 15.9. The minimum Gasteiger partial charge on any atom is -0.484 e. The van der Waals surface area contributed by atoms with Gasteiger partial charge >= 0.3 is 0 Å². The molecule has 3 heterocycles. The number of carbonyl (C=O) groups excluding carboxylic acids is 1. The molecule has 0 fully saturated rings. The zero-order chi connectivity index (χ0) is 20.0. The number of hydrogen-bond acceptors (Lipinski definition) is 4. The summed E-state index contributed by atoms with van der Waals surface area (Å²) in [6.07, 6.45) is 2.64. The van der Waals surface area contributed by atoms with Crippen LogP contribution in [0.5, 0.6) is 5.75 Å². The molecule has 6 nitrogen and oxygen atoms in total. The van der Waals surface area contributed by atoms with Crippen LogP contribution in [0.1, 0.15) is 13.3 Å². The molecule has 0 aliphatic carbocycles. The van der Waals surface area contributed by atoms with E-state index in [1.165, 1.54) is 0 Å². The topological polar surface area (TPSA) is 72.7 Å². The minimum atomic E-state index is -0.149. The fraction of sp³-hybridized carbons (Fsp3) is 0.174. The van der Waals surface area contributed by atoms with Crippen LogP contribution >= 0.6 is 0 Å². The number of ether oxygens (including phenoxy) is 1. The number of benzene rings is 2. The molecule has 2 aromatic carbocycles. The summed E-state index contributed by atoms with van der Waals surface area (Å²) in [6.45, 7) is 2.59. The summed E-state index contributed by atoms with van der Waals surface area (Å²) in [5.74, 6) is 0.440. The lowest BCUT2D eigenvalue weighted by molar-refractivity contribution is -0.123. The first-order valence-electron chi connectivity index (χ1n) is 9.66. The number of amides is 1. The van der Waals surface area contributed by atoms with E-state index in [0.717, 1.165) is 39.1 Å². The zero-order valence-corrected chi connectivity index (χ0v) is 15.9. The van der Waals surface area contributed by atoms with Gasteiger partial charge in [0.25, 0.3) is 11.5 Å². The summed E-state index contributed by atoms with van der Waals surface area (Å²) in [4.78, 5) is 29.6. The summed E-state index contributed by atoms with van der Waals surface area (Å²) in [7, 11) is 0. The highest BCUT2D eigenvalue weighted by atomic mass is 16.5. The van der Waals surface area contributed by atoms with E-state index in [1.807, 2.05) is 49.4 Å². The fourth-order valence-corrected chi connectivity index (χ4v) is 3.90. The number of aromatic nitrogens is 2. The molecular weight excluding hydrogens is 366 g/mol. The molecule has 0 saturated carbocycles. The van der Waals surface area contributed by atoms with Gasteiger partial charge in [-0.05, 0) is 36.8 Å². The Morgan fingerprint density at radius 2 is 1.90 bits per heavy atom. The van der Waals surface area contributed by atoms with Gasteiger partial charge in [0.1, 0.15) is 5.75 Å². The molecule has 29 heavy (non-hydrogen) atoms. The van der Waals surface area contributed by atoms with Gasteiger partial charge in [-0.1, -0.05) is 25.1 Å². The van der Waals surface area contributed by atoms with Crippen molar-refractivity contribution in [3.63, 3.8) is 0 Å². The Labute approximate surface area is 166 Å². The van der Waals surface area contributed by atoms with Crippen molar-refractivity contribution in [2.24, 2.45) is 0 Å². The molecule has 0 spiro atoms. The van der Waals surface area contributed by atoms with Crippen molar-refractivity contribution in [3.8, 4) is 5.75 Å². The first kappa shape index (κ1) is 17.4. The van der Waals surface area contributed by atoms with Gasteiger partial charge in [0, 0.05) is 34.3 Å². The van der Waals surface area contributed by atoms with Crippen LogP contribution in [-0.4, -0.2) is 28.4 Å². The maximum atomic E-state index is 13.2. The average molecular weight is 385 g/mol. The fourth-order valence-electron chi connectivity index (χ4n) is 3.90. The number of carbonyl (C=O) groups is 1. The first-order valence-corrected chi connectivity index (χ1v) is 9.66. The number of rotatable bonds is 5. The van der Waals surface area contributed by atoms with Crippen molar-refractivity contribution in [1.82, 2.24) is 14.7 Å².